The van der Waals surface area contributed by atoms with E-state index >= 15 is 4.39 Å². The van der Waals surface area contributed by atoms with Gasteiger partial charge < -0.3 is 20.5 Å². The summed E-state index contributed by atoms with van der Waals surface area (Å²) >= 11 is 0. The van der Waals surface area contributed by atoms with Crippen LogP contribution < -0.4 is 15.4 Å². The number of ether oxygens (including phenoxy) is 1. The van der Waals surface area contributed by atoms with E-state index < -0.39 is 23.7 Å². The average Bonchev–Trinajstić information content (AvgIpc) is 2.80. The first-order valence-corrected chi connectivity index (χ1v) is 12.7. The number of halogens is 2. The molecule has 2 aliphatic rings. The summed E-state index contributed by atoms with van der Waals surface area (Å²) in [6.07, 6.45) is 3.50. The first kappa shape index (κ1) is 26.5. The van der Waals surface area contributed by atoms with E-state index in [0.29, 0.717) is 24.3 Å². The summed E-state index contributed by atoms with van der Waals surface area (Å²) in [6.45, 7) is 7.17. The number of hydrogen-bond donors (Lipinski definition) is 3. The number of carbonyl (C=O) groups is 1. The number of amides is 1. The van der Waals surface area contributed by atoms with Crippen LogP contribution in [0.5, 0.6) is 5.88 Å². The number of aliphatic hydroxyl groups is 1. The molecular formula is C28H37F2N3O3. The van der Waals surface area contributed by atoms with E-state index in [0.717, 1.165) is 30.4 Å². The van der Waals surface area contributed by atoms with Gasteiger partial charge in [-0.1, -0.05) is 32.9 Å². The number of carbonyl (C=O) groups excluding carboxylic acids is 1. The van der Waals surface area contributed by atoms with Crippen LogP contribution in [-0.2, 0) is 11.2 Å². The maximum absolute atomic E-state index is 15.1. The Bertz CT molecular complexity index is 1070. The van der Waals surface area contributed by atoms with Gasteiger partial charge in [0.1, 0.15) is 17.6 Å². The zero-order valence-corrected chi connectivity index (χ0v) is 21.5. The van der Waals surface area contributed by atoms with Gasteiger partial charge in [0.05, 0.1) is 12.1 Å². The fraction of sp³-hybridized carbons (Fsp3) is 0.571. The van der Waals surface area contributed by atoms with Crippen LogP contribution in [0, 0.1) is 11.2 Å². The van der Waals surface area contributed by atoms with Crippen molar-refractivity contribution in [2.24, 2.45) is 5.41 Å². The summed E-state index contributed by atoms with van der Waals surface area (Å²) in [5, 5.41) is 17.3. The smallest absolute Gasteiger partial charge is 0.218 e. The highest BCUT2D eigenvalue weighted by molar-refractivity contribution is 5.73. The summed E-state index contributed by atoms with van der Waals surface area (Å²) in [7, 11) is 0. The average molecular weight is 502 g/mol. The molecule has 1 fully saturated rings. The lowest BCUT2D eigenvalue weighted by Crippen LogP contribution is -2.52. The lowest BCUT2D eigenvalue weighted by Gasteiger charge is -2.47. The topological polar surface area (TPSA) is 83.5 Å². The summed E-state index contributed by atoms with van der Waals surface area (Å²) in [5.41, 5.74) is 1.26. The molecule has 4 rings (SSSR count). The Morgan fingerprint density at radius 1 is 1.28 bits per heavy atom. The molecule has 0 bridgehead atoms. The normalized spacial score (nSPS) is 21.0. The van der Waals surface area contributed by atoms with Gasteiger partial charge >= 0.3 is 0 Å². The van der Waals surface area contributed by atoms with E-state index in [9.17, 15) is 14.3 Å². The second-order valence-corrected chi connectivity index (χ2v) is 11.4. The largest absolute Gasteiger partial charge is 0.471 e. The predicted octanol–water partition coefficient (Wildman–Crippen LogP) is 4.72. The standard InChI is InChI=1S/C28H37F2N3O3/c1-17(34)33-22(12-18-6-8-20(29)9-7-18)24(35)16-31-23-14-28(10-5-11-28)36-26-21(23)13-19(15-32-26)25(30)27(2,3)4/h6-9,13,15,22-25,31,35H,5,10-12,14,16H2,1-4H3,(H,33,34)/t22-,23-,24-,25-/m0/s1. The molecule has 0 radical (unpaired) electrons. The number of fused-ring (bicyclic) bond motifs is 1. The van der Waals surface area contributed by atoms with Gasteiger partial charge in [0, 0.05) is 43.3 Å². The van der Waals surface area contributed by atoms with Gasteiger partial charge in [0.25, 0.3) is 0 Å². The molecule has 2 heterocycles. The highest BCUT2D eigenvalue weighted by Crippen LogP contribution is 2.49. The molecule has 1 aromatic heterocycles. The van der Waals surface area contributed by atoms with Crippen LogP contribution in [0.3, 0.4) is 0 Å². The lowest BCUT2D eigenvalue weighted by molar-refractivity contribution is -0.120. The molecule has 196 valence electrons. The zero-order chi connectivity index (χ0) is 26.1. The maximum atomic E-state index is 15.1. The minimum absolute atomic E-state index is 0.174. The van der Waals surface area contributed by atoms with Gasteiger partial charge in [0.2, 0.25) is 11.8 Å². The Labute approximate surface area is 211 Å². The van der Waals surface area contributed by atoms with Crippen LogP contribution in [0.15, 0.2) is 36.5 Å². The van der Waals surface area contributed by atoms with Crippen LogP contribution in [-0.4, -0.2) is 40.3 Å². The Kier molecular flexibility index (Phi) is 7.67. The molecule has 3 N–H and O–H groups in total. The zero-order valence-electron chi connectivity index (χ0n) is 21.5. The molecule has 1 aromatic carbocycles. The monoisotopic (exact) mass is 501 g/mol. The fourth-order valence-electron chi connectivity index (χ4n) is 5.07. The summed E-state index contributed by atoms with van der Waals surface area (Å²) in [6, 6.07) is 7.12. The minimum atomic E-state index is -1.18. The van der Waals surface area contributed by atoms with Crippen molar-refractivity contribution >= 4 is 5.91 Å². The minimum Gasteiger partial charge on any atom is -0.471 e. The molecule has 2 aromatic rings. The third-order valence-electron chi connectivity index (χ3n) is 7.28. The van der Waals surface area contributed by atoms with Gasteiger partial charge in [-0.25, -0.2) is 13.8 Å². The van der Waals surface area contributed by atoms with Crippen molar-refractivity contribution in [2.45, 2.75) is 89.8 Å². The summed E-state index contributed by atoms with van der Waals surface area (Å²) in [4.78, 5) is 16.3. The number of aromatic nitrogens is 1. The quantitative estimate of drug-likeness (QED) is 0.488. The Morgan fingerprint density at radius 2 is 1.97 bits per heavy atom. The third kappa shape index (κ3) is 6.03. The van der Waals surface area contributed by atoms with Crippen LogP contribution in [0.2, 0.25) is 0 Å². The molecule has 1 amide bonds. The molecule has 1 saturated carbocycles. The molecule has 8 heteroatoms. The Morgan fingerprint density at radius 3 is 2.56 bits per heavy atom. The lowest BCUT2D eigenvalue weighted by atomic mass is 9.73. The van der Waals surface area contributed by atoms with Gasteiger partial charge in [-0.3, -0.25) is 4.79 Å². The van der Waals surface area contributed by atoms with Gasteiger partial charge in [-0.15, -0.1) is 0 Å². The number of pyridine rings is 1. The number of rotatable bonds is 8. The van der Waals surface area contributed by atoms with E-state index in [1.165, 1.54) is 19.1 Å². The molecule has 36 heavy (non-hydrogen) atoms. The molecule has 0 saturated heterocycles. The molecule has 1 aliphatic heterocycles. The van der Waals surface area contributed by atoms with E-state index in [2.05, 4.69) is 15.6 Å². The van der Waals surface area contributed by atoms with E-state index in [4.69, 9.17) is 4.74 Å². The number of benzene rings is 1. The van der Waals surface area contributed by atoms with E-state index in [-0.39, 0.29) is 29.9 Å². The number of nitrogens with one attached hydrogen (secondary N) is 2. The fourth-order valence-corrected chi connectivity index (χ4v) is 5.07. The van der Waals surface area contributed by atoms with Gasteiger partial charge in [-0.05, 0) is 54.9 Å². The number of alkyl halides is 1. The second-order valence-electron chi connectivity index (χ2n) is 11.4. The SMILES string of the molecule is CC(=O)N[C@@H](Cc1ccc(F)cc1)[C@@H](O)CN[C@H]1CC2(CCC2)Oc2ncc([C@H](F)C(C)(C)C)cc21. The molecule has 6 nitrogen and oxygen atoms in total. The predicted molar refractivity (Wildman–Crippen MR) is 134 cm³/mol. The third-order valence-corrected chi connectivity index (χ3v) is 7.28. The van der Waals surface area contributed by atoms with Crippen LogP contribution >= 0.6 is 0 Å². The van der Waals surface area contributed by atoms with Crippen molar-refractivity contribution in [3.63, 3.8) is 0 Å². The maximum Gasteiger partial charge on any atom is 0.218 e. The molecule has 1 aliphatic carbocycles. The van der Waals surface area contributed by atoms with Crippen LogP contribution in [0.1, 0.15) is 82.3 Å². The summed E-state index contributed by atoms with van der Waals surface area (Å²) < 4.78 is 34.7. The molecule has 1 spiro atoms. The molecule has 4 atom stereocenters. The Hall–Kier alpha value is -2.58. The molecule has 0 unspecified atom stereocenters. The van der Waals surface area contributed by atoms with Crippen molar-refractivity contribution in [1.29, 1.82) is 0 Å². The van der Waals surface area contributed by atoms with Gasteiger partial charge in [0.15, 0.2) is 0 Å². The molecular weight excluding hydrogens is 464 g/mol. The number of hydrogen-bond acceptors (Lipinski definition) is 5. The van der Waals surface area contributed by atoms with Gasteiger partial charge in [-0.2, -0.15) is 0 Å². The van der Waals surface area contributed by atoms with Crippen molar-refractivity contribution in [1.82, 2.24) is 15.6 Å². The second kappa shape index (κ2) is 10.4. The highest BCUT2D eigenvalue weighted by atomic mass is 19.1. The number of aliphatic hydroxyl groups excluding tert-OH is 1. The van der Waals surface area contributed by atoms with E-state index in [1.54, 1.807) is 18.3 Å². The van der Waals surface area contributed by atoms with Crippen molar-refractivity contribution < 1.29 is 23.4 Å². The van der Waals surface area contributed by atoms with Crippen LogP contribution in [0.4, 0.5) is 8.78 Å². The Balaban J connectivity index is 1.52. The van der Waals surface area contributed by atoms with Crippen molar-refractivity contribution in [2.75, 3.05) is 6.54 Å². The summed E-state index contributed by atoms with van der Waals surface area (Å²) in [5.74, 6) is -0.0753. The van der Waals surface area contributed by atoms with Crippen molar-refractivity contribution in [3.05, 3.63) is 59.0 Å². The number of nitrogens with zero attached hydrogens (tertiary/aromatic N) is 1. The first-order chi connectivity index (χ1) is 17.0. The van der Waals surface area contributed by atoms with Crippen LogP contribution in [0.25, 0.3) is 0 Å². The van der Waals surface area contributed by atoms with Crippen molar-refractivity contribution in [3.8, 4) is 5.88 Å². The highest BCUT2D eigenvalue weighted by Gasteiger charge is 2.46. The first-order valence-electron chi connectivity index (χ1n) is 12.7. The van der Waals surface area contributed by atoms with E-state index in [1.807, 2.05) is 26.8 Å².